The highest BCUT2D eigenvalue weighted by atomic mass is 79.9. The van der Waals surface area contributed by atoms with E-state index in [4.69, 9.17) is 4.74 Å². The summed E-state index contributed by atoms with van der Waals surface area (Å²) in [7, 11) is 0. The van der Waals surface area contributed by atoms with Gasteiger partial charge in [0.15, 0.2) is 0 Å². The molecule has 1 aliphatic heterocycles. The highest BCUT2D eigenvalue weighted by Gasteiger charge is 2.19. The second-order valence-corrected chi connectivity index (χ2v) is 4.40. The molecule has 0 radical (unpaired) electrons. The summed E-state index contributed by atoms with van der Waals surface area (Å²) in [6, 6.07) is 5.18. The van der Waals surface area contributed by atoms with Crippen LogP contribution in [-0.2, 0) is 4.74 Å². The number of hydrogen-bond donors (Lipinski definition) is 1. The number of morpholine rings is 1. The molecule has 0 bridgehead atoms. The first-order valence-electron chi connectivity index (χ1n) is 4.93. The SMILES string of the molecule is O=[N+]([O-])c1cc(C2COCCN2)ccc1Br. The van der Waals surface area contributed by atoms with Crippen molar-refractivity contribution < 1.29 is 9.66 Å². The summed E-state index contributed by atoms with van der Waals surface area (Å²) in [6.07, 6.45) is 0. The Kier molecular flexibility index (Phi) is 3.52. The van der Waals surface area contributed by atoms with Crippen LogP contribution in [0.15, 0.2) is 22.7 Å². The summed E-state index contributed by atoms with van der Waals surface area (Å²) >= 11 is 3.16. The number of rotatable bonds is 2. The fourth-order valence-corrected chi connectivity index (χ4v) is 2.06. The number of halogens is 1. The third-order valence-electron chi connectivity index (χ3n) is 2.49. The molecule has 1 heterocycles. The summed E-state index contributed by atoms with van der Waals surface area (Å²) in [4.78, 5) is 10.4. The number of nitrogens with one attached hydrogen (secondary N) is 1. The van der Waals surface area contributed by atoms with Crippen LogP contribution in [0, 0.1) is 10.1 Å². The number of nitro groups is 1. The molecule has 1 aromatic rings. The minimum atomic E-state index is -0.392. The predicted molar refractivity (Wildman–Crippen MR) is 62.4 cm³/mol. The van der Waals surface area contributed by atoms with Gasteiger partial charge in [-0.25, -0.2) is 0 Å². The van der Waals surface area contributed by atoms with Gasteiger partial charge in [0.05, 0.1) is 28.7 Å². The van der Waals surface area contributed by atoms with Gasteiger partial charge < -0.3 is 10.1 Å². The van der Waals surface area contributed by atoms with E-state index < -0.39 is 4.92 Å². The number of benzene rings is 1. The van der Waals surface area contributed by atoms with Crippen LogP contribution in [0.2, 0.25) is 0 Å². The van der Waals surface area contributed by atoms with Gasteiger partial charge >= 0.3 is 0 Å². The van der Waals surface area contributed by atoms with E-state index in [9.17, 15) is 10.1 Å². The molecule has 6 heteroatoms. The molecule has 0 saturated carbocycles. The molecule has 0 spiro atoms. The van der Waals surface area contributed by atoms with Crippen LogP contribution in [0.25, 0.3) is 0 Å². The van der Waals surface area contributed by atoms with Crippen molar-refractivity contribution in [2.24, 2.45) is 0 Å². The Morgan fingerprint density at radius 1 is 1.56 bits per heavy atom. The van der Waals surface area contributed by atoms with Gasteiger partial charge in [-0.05, 0) is 27.6 Å². The van der Waals surface area contributed by atoms with Crippen LogP contribution < -0.4 is 5.32 Å². The fraction of sp³-hybridized carbons (Fsp3) is 0.400. The lowest BCUT2D eigenvalue weighted by molar-refractivity contribution is -0.385. The molecule has 1 aliphatic rings. The Labute approximate surface area is 101 Å². The Morgan fingerprint density at radius 2 is 2.38 bits per heavy atom. The highest BCUT2D eigenvalue weighted by molar-refractivity contribution is 9.10. The monoisotopic (exact) mass is 286 g/mol. The largest absolute Gasteiger partial charge is 0.378 e. The average Bonchev–Trinajstić information content (AvgIpc) is 2.30. The summed E-state index contributed by atoms with van der Waals surface area (Å²) in [6.45, 7) is 2.02. The van der Waals surface area contributed by atoms with Gasteiger partial charge in [-0.2, -0.15) is 0 Å². The Morgan fingerprint density at radius 3 is 3.00 bits per heavy atom. The van der Waals surface area contributed by atoms with Gasteiger partial charge in [0, 0.05) is 12.6 Å². The van der Waals surface area contributed by atoms with Crippen LogP contribution in [-0.4, -0.2) is 24.7 Å². The lowest BCUT2D eigenvalue weighted by Gasteiger charge is -2.24. The fourth-order valence-electron chi connectivity index (χ4n) is 1.67. The topological polar surface area (TPSA) is 64.4 Å². The summed E-state index contributed by atoms with van der Waals surface area (Å²) < 4.78 is 5.82. The van der Waals surface area contributed by atoms with Gasteiger partial charge in [-0.15, -0.1) is 0 Å². The molecule has 1 atom stereocenters. The number of nitro benzene ring substituents is 1. The van der Waals surface area contributed by atoms with Crippen LogP contribution in [0.4, 0.5) is 5.69 Å². The molecule has 0 amide bonds. The molecule has 16 heavy (non-hydrogen) atoms. The number of hydrogen-bond acceptors (Lipinski definition) is 4. The zero-order valence-corrected chi connectivity index (χ0v) is 10.1. The van der Waals surface area contributed by atoms with Crippen LogP contribution in [0.1, 0.15) is 11.6 Å². The normalized spacial score (nSPS) is 20.7. The van der Waals surface area contributed by atoms with Crippen molar-refractivity contribution >= 4 is 21.6 Å². The number of ether oxygens (including phenoxy) is 1. The number of nitrogens with zero attached hydrogens (tertiary/aromatic N) is 1. The lowest BCUT2D eigenvalue weighted by Crippen LogP contribution is -2.34. The predicted octanol–water partition coefficient (Wildman–Crippen LogP) is 2.02. The smallest absolute Gasteiger partial charge is 0.283 e. The summed E-state index contributed by atoms with van der Waals surface area (Å²) in [5, 5.41) is 14.0. The van der Waals surface area contributed by atoms with Gasteiger partial charge in [0.1, 0.15) is 0 Å². The van der Waals surface area contributed by atoms with E-state index in [1.807, 2.05) is 6.07 Å². The van der Waals surface area contributed by atoms with E-state index in [0.29, 0.717) is 17.7 Å². The maximum absolute atomic E-state index is 10.8. The van der Waals surface area contributed by atoms with Gasteiger partial charge in [0.25, 0.3) is 5.69 Å². The van der Waals surface area contributed by atoms with Crippen LogP contribution >= 0.6 is 15.9 Å². The zero-order chi connectivity index (χ0) is 11.5. The first-order chi connectivity index (χ1) is 7.68. The van der Waals surface area contributed by atoms with Crippen molar-refractivity contribution in [1.82, 2.24) is 5.32 Å². The quantitative estimate of drug-likeness (QED) is 0.667. The van der Waals surface area contributed by atoms with Crippen LogP contribution in [0.5, 0.6) is 0 Å². The van der Waals surface area contributed by atoms with Gasteiger partial charge in [-0.1, -0.05) is 6.07 Å². The average molecular weight is 287 g/mol. The van der Waals surface area contributed by atoms with Crippen molar-refractivity contribution in [2.75, 3.05) is 19.8 Å². The van der Waals surface area contributed by atoms with Crippen molar-refractivity contribution in [3.05, 3.63) is 38.3 Å². The standard InChI is InChI=1S/C10H11BrN2O3/c11-8-2-1-7(5-10(8)13(14)15)9-6-16-4-3-12-9/h1-2,5,9,12H,3-4,6H2. The van der Waals surface area contributed by atoms with Crippen molar-refractivity contribution in [3.8, 4) is 0 Å². The van der Waals surface area contributed by atoms with E-state index in [1.54, 1.807) is 12.1 Å². The van der Waals surface area contributed by atoms with E-state index in [1.165, 1.54) is 0 Å². The van der Waals surface area contributed by atoms with E-state index >= 15 is 0 Å². The molecule has 1 unspecified atom stereocenters. The maximum atomic E-state index is 10.8. The van der Waals surface area contributed by atoms with E-state index in [0.717, 1.165) is 12.1 Å². The van der Waals surface area contributed by atoms with E-state index in [-0.39, 0.29) is 11.7 Å². The molecule has 1 fully saturated rings. The van der Waals surface area contributed by atoms with Crippen molar-refractivity contribution in [1.29, 1.82) is 0 Å². The first kappa shape index (κ1) is 11.5. The molecular weight excluding hydrogens is 276 g/mol. The van der Waals surface area contributed by atoms with Gasteiger partial charge in [-0.3, -0.25) is 10.1 Å². The first-order valence-corrected chi connectivity index (χ1v) is 5.73. The molecule has 1 aromatic carbocycles. The van der Waals surface area contributed by atoms with Crippen LogP contribution in [0.3, 0.4) is 0 Å². The molecule has 2 rings (SSSR count). The van der Waals surface area contributed by atoms with E-state index in [2.05, 4.69) is 21.2 Å². The lowest BCUT2D eigenvalue weighted by atomic mass is 10.1. The molecule has 0 aromatic heterocycles. The molecule has 1 N–H and O–H groups in total. The Hall–Kier alpha value is -0.980. The second kappa shape index (κ2) is 4.90. The Balaban J connectivity index is 2.27. The molecule has 5 nitrogen and oxygen atoms in total. The van der Waals surface area contributed by atoms with Gasteiger partial charge in [0.2, 0.25) is 0 Å². The molecular formula is C10H11BrN2O3. The molecule has 0 aliphatic carbocycles. The van der Waals surface area contributed by atoms with Crippen molar-refractivity contribution in [2.45, 2.75) is 6.04 Å². The minimum absolute atomic E-state index is 0.0422. The maximum Gasteiger partial charge on any atom is 0.283 e. The second-order valence-electron chi connectivity index (χ2n) is 3.55. The minimum Gasteiger partial charge on any atom is -0.378 e. The highest BCUT2D eigenvalue weighted by Crippen LogP contribution is 2.28. The third-order valence-corrected chi connectivity index (χ3v) is 3.16. The molecule has 86 valence electrons. The Bertz CT molecular complexity index is 405. The summed E-state index contributed by atoms with van der Waals surface area (Å²) in [5.41, 5.74) is 0.972. The third kappa shape index (κ3) is 2.40. The summed E-state index contributed by atoms with van der Waals surface area (Å²) in [5.74, 6) is 0. The zero-order valence-electron chi connectivity index (χ0n) is 8.48. The van der Waals surface area contributed by atoms with Crippen molar-refractivity contribution in [3.63, 3.8) is 0 Å². The molecule has 1 saturated heterocycles.